The van der Waals surface area contributed by atoms with E-state index in [2.05, 4.69) is 0 Å². The van der Waals surface area contributed by atoms with Crippen LogP contribution in [0.25, 0.3) is 0 Å². The third-order valence-electron chi connectivity index (χ3n) is 0.996. The van der Waals surface area contributed by atoms with Crippen molar-refractivity contribution in [2.75, 3.05) is 24.7 Å². The maximum atomic E-state index is 6.09. The van der Waals surface area contributed by atoms with Crippen LogP contribution in [0.4, 0.5) is 0 Å². The number of hydrogen-bond donors (Lipinski definition) is 0. The zero-order valence-corrected chi connectivity index (χ0v) is 11.3. The van der Waals surface area contributed by atoms with Gasteiger partial charge in [0.2, 0.25) is 0 Å². The molecule has 0 aliphatic carbocycles. The van der Waals surface area contributed by atoms with Gasteiger partial charge in [-0.1, -0.05) is 0 Å². The van der Waals surface area contributed by atoms with Gasteiger partial charge in [-0.15, -0.1) is 0 Å². The third-order valence-corrected chi connectivity index (χ3v) is 25.2. The molecule has 10 heavy (non-hydrogen) atoms. The first kappa shape index (κ1) is 10.1. The summed E-state index contributed by atoms with van der Waals surface area (Å²) in [7, 11) is 15.7. The minimum atomic E-state index is -2.65. The Labute approximate surface area is 77.8 Å². The van der Waals surface area contributed by atoms with Crippen molar-refractivity contribution in [3.05, 3.63) is 0 Å². The predicted octanol–water partition coefficient (Wildman–Crippen LogP) is 2.40. The van der Waals surface area contributed by atoms with E-state index in [0.29, 0.717) is 0 Å². The number of rotatable bonds is 0. The molecule has 0 bridgehead atoms. The molecule has 1 aliphatic heterocycles. The van der Waals surface area contributed by atoms with Crippen molar-refractivity contribution in [1.29, 1.82) is 0 Å². The fourth-order valence-electron chi connectivity index (χ4n) is 0.583. The van der Waals surface area contributed by atoms with E-state index in [4.69, 9.17) is 22.6 Å². The summed E-state index contributed by atoms with van der Waals surface area (Å²) in [6.07, 6.45) is 0. The van der Waals surface area contributed by atoms with Gasteiger partial charge in [0.15, 0.2) is 0 Å². The van der Waals surface area contributed by atoms with Crippen molar-refractivity contribution in [2.45, 2.75) is 0 Å². The van der Waals surface area contributed by atoms with E-state index in [9.17, 15) is 0 Å². The van der Waals surface area contributed by atoms with Gasteiger partial charge in [0.05, 0.1) is 0 Å². The van der Waals surface area contributed by atoms with E-state index in [0.717, 1.165) is 24.7 Å². The van der Waals surface area contributed by atoms with Crippen molar-refractivity contribution in [3.8, 4) is 0 Å². The van der Waals surface area contributed by atoms with E-state index in [1.807, 2.05) is 0 Å². The number of halogens is 2. The summed E-state index contributed by atoms with van der Waals surface area (Å²) < 4.78 is 5.24. The normalized spacial score (nSPS) is 27.0. The van der Waals surface area contributed by atoms with Gasteiger partial charge in [0.25, 0.3) is 0 Å². The molecular formula is C4H8Cl2OS2Sn. The summed E-state index contributed by atoms with van der Waals surface area (Å²) in [5.74, 6) is 1.94. The molecular weight excluding hydrogens is 318 g/mol. The van der Waals surface area contributed by atoms with Crippen molar-refractivity contribution in [3.63, 3.8) is 0 Å². The summed E-state index contributed by atoms with van der Waals surface area (Å²) in [6.45, 7) is 1.62. The second kappa shape index (κ2) is 4.92. The van der Waals surface area contributed by atoms with Crippen molar-refractivity contribution < 1.29 is 4.74 Å². The van der Waals surface area contributed by atoms with Gasteiger partial charge in [-0.3, -0.25) is 0 Å². The Balaban J connectivity index is 2.30. The van der Waals surface area contributed by atoms with Gasteiger partial charge in [0, 0.05) is 0 Å². The summed E-state index contributed by atoms with van der Waals surface area (Å²) in [5.41, 5.74) is 0. The molecule has 0 unspecified atom stereocenters. The SMILES string of the molecule is [Cl][Sn]1([Cl])[S]CCOCC[S]1. The third kappa shape index (κ3) is 4.16. The Kier molecular flexibility index (Phi) is 4.98. The average Bonchev–Trinajstić information content (AvgIpc) is 1.81. The van der Waals surface area contributed by atoms with Gasteiger partial charge >= 0.3 is 78.5 Å². The Morgan fingerprint density at radius 3 is 2.10 bits per heavy atom. The van der Waals surface area contributed by atoms with E-state index in [1.54, 1.807) is 17.9 Å². The first-order chi connectivity index (χ1) is 4.71. The monoisotopic (exact) mass is 326 g/mol. The van der Waals surface area contributed by atoms with Crippen LogP contribution in [0.1, 0.15) is 0 Å². The molecule has 1 rings (SSSR count). The average molecular weight is 326 g/mol. The van der Waals surface area contributed by atoms with E-state index in [-0.39, 0.29) is 0 Å². The Morgan fingerprint density at radius 2 is 1.60 bits per heavy atom. The zero-order valence-electron chi connectivity index (χ0n) is 5.31. The van der Waals surface area contributed by atoms with Crippen molar-refractivity contribution in [2.24, 2.45) is 0 Å². The predicted molar refractivity (Wildman–Crippen MR) is 53.2 cm³/mol. The Bertz CT molecular complexity index is 103. The molecule has 0 aromatic carbocycles. The first-order valence-corrected chi connectivity index (χ1v) is 19.1. The second-order valence-corrected chi connectivity index (χ2v) is 35.6. The van der Waals surface area contributed by atoms with E-state index in [1.165, 1.54) is 0 Å². The summed E-state index contributed by atoms with van der Waals surface area (Å²) in [5, 5.41) is 0. The van der Waals surface area contributed by atoms with Crippen LogP contribution in [0.3, 0.4) is 0 Å². The molecule has 0 aromatic rings. The summed E-state index contributed by atoms with van der Waals surface area (Å²) in [6, 6.07) is 0. The standard InChI is InChI=1S/C4H10OS2.2ClH.Sn/c6-3-1-5-2-4-7;;;/h6-7H,1-4H2;2*1H;/q;;;+4/p-4. The maximum absolute atomic E-state index is 6.09. The Morgan fingerprint density at radius 1 is 1.10 bits per heavy atom. The number of hydrogen-bond acceptors (Lipinski definition) is 3. The fourth-order valence-corrected chi connectivity index (χ4v) is 19.0. The molecule has 1 fully saturated rings. The molecule has 1 aliphatic rings. The molecule has 0 saturated carbocycles. The quantitative estimate of drug-likeness (QED) is 0.633. The number of ether oxygens (including phenoxy) is 1. The molecule has 0 spiro atoms. The van der Waals surface area contributed by atoms with E-state index >= 15 is 0 Å². The van der Waals surface area contributed by atoms with Crippen LogP contribution in [0, 0.1) is 0 Å². The van der Waals surface area contributed by atoms with Gasteiger partial charge in [-0.25, -0.2) is 0 Å². The molecule has 0 aromatic heterocycles. The fraction of sp³-hybridized carbons (Fsp3) is 1.00. The van der Waals surface area contributed by atoms with Crippen LogP contribution in [-0.2, 0) is 4.74 Å². The molecule has 0 atom stereocenters. The molecule has 0 amide bonds. The molecule has 6 heteroatoms. The van der Waals surface area contributed by atoms with Crippen LogP contribution >= 0.6 is 35.7 Å². The van der Waals surface area contributed by atoms with Crippen molar-refractivity contribution >= 4 is 49.1 Å². The topological polar surface area (TPSA) is 9.23 Å². The van der Waals surface area contributed by atoms with Gasteiger partial charge in [0.1, 0.15) is 0 Å². The van der Waals surface area contributed by atoms with E-state index < -0.39 is 13.4 Å². The minimum absolute atomic E-state index is 0.809. The van der Waals surface area contributed by atoms with Crippen LogP contribution in [0.5, 0.6) is 0 Å². The van der Waals surface area contributed by atoms with Gasteiger partial charge in [-0.2, -0.15) is 0 Å². The zero-order chi connectivity index (χ0) is 7.45. The molecule has 1 saturated heterocycles. The van der Waals surface area contributed by atoms with Gasteiger partial charge < -0.3 is 0 Å². The van der Waals surface area contributed by atoms with Crippen LogP contribution in [0.15, 0.2) is 0 Å². The second-order valence-electron chi connectivity index (χ2n) is 1.77. The van der Waals surface area contributed by atoms with Crippen molar-refractivity contribution in [1.82, 2.24) is 0 Å². The summed E-state index contributed by atoms with van der Waals surface area (Å²) in [4.78, 5) is 0. The van der Waals surface area contributed by atoms with Crippen LogP contribution < -0.4 is 0 Å². The molecule has 1 heterocycles. The molecule has 0 radical (unpaired) electrons. The molecule has 1 nitrogen and oxygen atoms in total. The van der Waals surface area contributed by atoms with Crippen LogP contribution in [-0.4, -0.2) is 38.1 Å². The van der Waals surface area contributed by atoms with Crippen LogP contribution in [0.2, 0.25) is 0 Å². The van der Waals surface area contributed by atoms with Gasteiger partial charge in [-0.05, 0) is 0 Å². The molecule has 60 valence electrons. The first-order valence-electron chi connectivity index (χ1n) is 2.94. The molecule has 0 N–H and O–H groups in total. The Hall–Kier alpha value is 2.04. The summed E-state index contributed by atoms with van der Waals surface area (Å²) >= 11 is -2.65.